The average Bonchev–Trinajstić information content (AvgIpc) is 2.80. The number of anilines is 1. The minimum Gasteiger partial charge on any atom is -0.506 e. The molecule has 0 unspecified atom stereocenters. The first-order valence-corrected chi connectivity index (χ1v) is 13.1. The summed E-state index contributed by atoms with van der Waals surface area (Å²) >= 11 is 3.64. The molecule has 186 valence electrons. The Balaban J connectivity index is 2.11. The molecule has 3 aromatic rings. The van der Waals surface area contributed by atoms with E-state index in [1.165, 1.54) is 5.56 Å². The standard InChI is InChI=1S/C31H38BrNO2/c1-20(2)25-15-13-23(14-16-25)17-26-21(3)29(22(4)28(32)30(26)35)33(27(34)18-31(5,6)7)19-24-11-9-8-10-12-24/h8-16,20,35H,17-19H2,1-7H3. The second kappa shape index (κ2) is 11.0. The lowest BCUT2D eigenvalue weighted by Gasteiger charge is -2.31. The van der Waals surface area contributed by atoms with Crippen LogP contribution in [0.3, 0.4) is 0 Å². The second-order valence-corrected chi connectivity index (χ2v) is 11.8. The molecule has 1 N–H and O–H groups in total. The van der Waals surface area contributed by atoms with E-state index in [0.717, 1.165) is 33.5 Å². The zero-order valence-electron chi connectivity index (χ0n) is 22.1. The largest absolute Gasteiger partial charge is 0.506 e. The number of phenols is 1. The van der Waals surface area contributed by atoms with Crippen LogP contribution in [0.2, 0.25) is 0 Å². The lowest BCUT2D eigenvalue weighted by Crippen LogP contribution is -2.34. The molecule has 35 heavy (non-hydrogen) atoms. The van der Waals surface area contributed by atoms with Crippen molar-refractivity contribution in [2.75, 3.05) is 4.90 Å². The number of rotatable bonds is 7. The summed E-state index contributed by atoms with van der Waals surface area (Å²) in [5, 5.41) is 11.1. The van der Waals surface area contributed by atoms with Crippen LogP contribution in [0, 0.1) is 19.3 Å². The summed E-state index contributed by atoms with van der Waals surface area (Å²) in [4.78, 5) is 15.6. The number of carbonyl (C=O) groups excluding carboxylic acids is 1. The number of phenolic OH excluding ortho intramolecular Hbond substituents is 1. The van der Waals surface area contributed by atoms with Gasteiger partial charge in [-0.15, -0.1) is 0 Å². The van der Waals surface area contributed by atoms with E-state index in [2.05, 4.69) is 86.9 Å². The van der Waals surface area contributed by atoms with Crippen molar-refractivity contribution in [3.63, 3.8) is 0 Å². The van der Waals surface area contributed by atoms with Crippen LogP contribution in [0.5, 0.6) is 5.75 Å². The summed E-state index contributed by atoms with van der Waals surface area (Å²) in [7, 11) is 0. The molecule has 0 aliphatic rings. The zero-order chi connectivity index (χ0) is 25.9. The lowest BCUT2D eigenvalue weighted by atomic mass is 9.90. The Morgan fingerprint density at radius 3 is 2.09 bits per heavy atom. The van der Waals surface area contributed by atoms with Gasteiger partial charge in [0.15, 0.2) is 0 Å². The predicted octanol–water partition coefficient (Wildman–Crippen LogP) is 8.46. The van der Waals surface area contributed by atoms with Crippen molar-refractivity contribution in [1.29, 1.82) is 0 Å². The van der Waals surface area contributed by atoms with E-state index in [1.807, 2.05) is 36.9 Å². The van der Waals surface area contributed by atoms with Crippen LogP contribution in [0.25, 0.3) is 0 Å². The van der Waals surface area contributed by atoms with Crippen LogP contribution in [0.15, 0.2) is 59.1 Å². The Bertz CT molecular complexity index is 1180. The predicted molar refractivity (Wildman–Crippen MR) is 150 cm³/mol. The molecule has 1 amide bonds. The van der Waals surface area contributed by atoms with Gasteiger partial charge in [0, 0.05) is 18.4 Å². The molecule has 0 aromatic heterocycles. The SMILES string of the molecule is Cc1c(Br)c(O)c(Cc2ccc(C(C)C)cc2)c(C)c1N(Cc1ccccc1)C(=O)CC(C)(C)C. The smallest absolute Gasteiger partial charge is 0.227 e. The first-order chi connectivity index (χ1) is 16.4. The van der Waals surface area contributed by atoms with E-state index >= 15 is 0 Å². The maximum atomic E-state index is 13.7. The van der Waals surface area contributed by atoms with Crippen LogP contribution in [-0.4, -0.2) is 11.0 Å². The van der Waals surface area contributed by atoms with Gasteiger partial charge in [0.25, 0.3) is 0 Å². The van der Waals surface area contributed by atoms with E-state index < -0.39 is 0 Å². The number of nitrogens with zero attached hydrogens (tertiary/aromatic N) is 1. The normalized spacial score (nSPS) is 11.7. The van der Waals surface area contributed by atoms with Gasteiger partial charge in [-0.2, -0.15) is 0 Å². The summed E-state index contributed by atoms with van der Waals surface area (Å²) in [6, 6.07) is 18.7. The first kappa shape index (κ1) is 27.0. The van der Waals surface area contributed by atoms with Crippen molar-refractivity contribution in [3.05, 3.63) is 92.5 Å². The topological polar surface area (TPSA) is 40.5 Å². The fourth-order valence-electron chi connectivity index (χ4n) is 4.47. The third-order valence-corrected chi connectivity index (χ3v) is 7.42. The van der Waals surface area contributed by atoms with Gasteiger partial charge < -0.3 is 10.0 Å². The summed E-state index contributed by atoms with van der Waals surface area (Å²) in [6.07, 6.45) is 1.03. The van der Waals surface area contributed by atoms with Crippen molar-refractivity contribution >= 4 is 27.5 Å². The third kappa shape index (κ3) is 6.55. The monoisotopic (exact) mass is 535 g/mol. The third-order valence-electron chi connectivity index (χ3n) is 6.45. The molecule has 0 radical (unpaired) electrons. The van der Waals surface area contributed by atoms with Gasteiger partial charge in [-0.3, -0.25) is 4.79 Å². The molecule has 0 aliphatic carbocycles. The minimum absolute atomic E-state index is 0.0809. The number of amides is 1. The summed E-state index contributed by atoms with van der Waals surface area (Å²) in [6.45, 7) is 15.1. The maximum absolute atomic E-state index is 13.7. The van der Waals surface area contributed by atoms with Gasteiger partial charge in [0.05, 0.1) is 16.7 Å². The Morgan fingerprint density at radius 1 is 0.943 bits per heavy atom. The molecular formula is C31H38BrNO2. The highest BCUT2D eigenvalue weighted by Crippen LogP contribution is 2.43. The highest BCUT2D eigenvalue weighted by molar-refractivity contribution is 9.10. The van der Waals surface area contributed by atoms with Crippen LogP contribution in [0.1, 0.15) is 80.3 Å². The number of benzene rings is 3. The molecule has 0 heterocycles. The molecule has 0 bridgehead atoms. The number of aromatic hydroxyl groups is 1. The van der Waals surface area contributed by atoms with E-state index in [9.17, 15) is 9.90 Å². The van der Waals surface area contributed by atoms with E-state index in [4.69, 9.17) is 0 Å². The Kier molecular flexibility index (Phi) is 8.48. The molecule has 4 heteroatoms. The lowest BCUT2D eigenvalue weighted by molar-refractivity contribution is -0.120. The molecule has 0 saturated carbocycles. The zero-order valence-corrected chi connectivity index (χ0v) is 23.7. The highest BCUT2D eigenvalue weighted by Gasteiger charge is 2.28. The Labute approximate surface area is 219 Å². The van der Waals surface area contributed by atoms with Crippen LogP contribution < -0.4 is 4.90 Å². The van der Waals surface area contributed by atoms with Crippen molar-refractivity contribution in [3.8, 4) is 5.75 Å². The van der Waals surface area contributed by atoms with E-state index in [1.54, 1.807) is 0 Å². The molecule has 3 rings (SSSR count). The van der Waals surface area contributed by atoms with Crippen LogP contribution >= 0.6 is 15.9 Å². The molecular weight excluding hydrogens is 498 g/mol. The van der Waals surface area contributed by atoms with Crippen molar-refractivity contribution in [2.45, 2.75) is 73.8 Å². The quantitative estimate of drug-likeness (QED) is 0.329. The van der Waals surface area contributed by atoms with Crippen LogP contribution in [0.4, 0.5) is 5.69 Å². The molecule has 3 aromatic carbocycles. The van der Waals surface area contributed by atoms with Crippen molar-refractivity contribution < 1.29 is 9.90 Å². The average molecular weight is 537 g/mol. The molecule has 0 atom stereocenters. The number of hydrogen-bond acceptors (Lipinski definition) is 2. The van der Waals surface area contributed by atoms with Crippen molar-refractivity contribution in [1.82, 2.24) is 0 Å². The maximum Gasteiger partial charge on any atom is 0.227 e. The van der Waals surface area contributed by atoms with Gasteiger partial charge in [0.1, 0.15) is 5.75 Å². The first-order valence-electron chi connectivity index (χ1n) is 12.3. The molecule has 0 fully saturated rings. The van der Waals surface area contributed by atoms with Gasteiger partial charge in [-0.05, 0) is 68.9 Å². The summed E-state index contributed by atoms with van der Waals surface area (Å²) in [5.74, 6) is 0.802. The Morgan fingerprint density at radius 2 is 1.54 bits per heavy atom. The Hall–Kier alpha value is -2.59. The van der Waals surface area contributed by atoms with Gasteiger partial charge in [-0.25, -0.2) is 0 Å². The molecule has 0 aliphatic heterocycles. The van der Waals surface area contributed by atoms with Crippen molar-refractivity contribution in [2.24, 2.45) is 5.41 Å². The number of halogens is 1. The highest BCUT2D eigenvalue weighted by atomic mass is 79.9. The molecule has 0 spiro atoms. The van der Waals surface area contributed by atoms with Crippen LogP contribution in [-0.2, 0) is 17.8 Å². The minimum atomic E-state index is -0.136. The van der Waals surface area contributed by atoms with E-state index in [0.29, 0.717) is 29.8 Å². The molecule has 3 nitrogen and oxygen atoms in total. The van der Waals surface area contributed by atoms with Gasteiger partial charge >= 0.3 is 0 Å². The fraction of sp³-hybridized carbons (Fsp3) is 0.387. The summed E-state index contributed by atoms with van der Waals surface area (Å²) in [5.41, 5.74) is 6.89. The molecule has 0 saturated heterocycles. The summed E-state index contributed by atoms with van der Waals surface area (Å²) < 4.78 is 0.647. The van der Waals surface area contributed by atoms with Gasteiger partial charge in [-0.1, -0.05) is 89.2 Å². The number of hydrogen-bond donors (Lipinski definition) is 1. The van der Waals surface area contributed by atoms with Gasteiger partial charge in [0.2, 0.25) is 5.91 Å². The second-order valence-electron chi connectivity index (χ2n) is 11.0. The number of carbonyl (C=O) groups is 1. The van der Waals surface area contributed by atoms with E-state index in [-0.39, 0.29) is 17.1 Å². The fourth-order valence-corrected chi connectivity index (χ4v) is 4.90.